The van der Waals surface area contributed by atoms with Gasteiger partial charge in [-0.05, 0) is 49.1 Å². The number of carbonyl (C=O) groups excluding carboxylic acids is 2. The minimum atomic E-state index is -0.0645. The number of methoxy groups -OCH3 is 1. The van der Waals surface area contributed by atoms with Crippen LogP contribution >= 0.6 is 0 Å². The number of ether oxygens (including phenoxy) is 1. The van der Waals surface area contributed by atoms with Crippen LogP contribution in [0.25, 0.3) is 22.3 Å². The molecule has 2 aromatic heterocycles. The molecular weight excluding hydrogens is 480 g/mol. The van der Waals surface area contributed by atoms with E-state index < -0.39 is 0 Å². The molecule has 3 amide bonds. The summed E-state index contributed by atoms with van der Waals surface area (Å²) in [5.74, 6) is -0.0261. The molecule has 200 valence electrons. The Morgan fingerprint density at radius 2 is 1.92 bits per heavy atom. The van der Waals surface area contributed by atoms with Crippen LogP contribution in [0.2, 0.25) is 0 Å². The third kappa shape index (κ3) is 5.11. The van der Waals surface area contributed by atoms with Gasteiger partial charge in [0.2, 0.25) is 5.91 Å². The van der Waals surface area contributed by atoms with Crippen molar-refractivity contribution in [2.24, 2.45) is 0 Å². The number of aryl methyl sites for hydroxylation is 1. The number of rotatable bonds is 5. The quantitative estimate of drug-likeness (QED) is 0.498. The predicted octanol–water partition coefficient (Wildman–Crippen LogP) is 4.64. The number of hydrogen-bond donors (Lipinski definition) is 1. The number of piperidine rings is 1. The minimum Gasteiger partial charge on any atom is -0.375 e. The lowest BCUT2D eigenvalue weighted by atomic mass is 9.99. The molecule has 0 bridgehead atoms. The van der Waals surface area contributed by atoms with Gasteiger partial charge in [0.15, 0.2) is 0 Å². The van der Waals surface area contributed by atoms with E-state index in [0.29, 0.717) is 38.0 Å². The molecule has 0 aliphatic carbocycles. The van der Waals surface area contributed by atoms with E-state index >= 15 is 0 Å². The smallest absolute Gasteiger partial charge is 0.324 e. The van der Waals surface area contributed by atoms with E-state index in [1.807, 2.05) is 62.2 Å². The molecule has 0 saturated carbocycles. The topological polar surface area (TPSA) is 103 Å². The van der Waals surface area contributed by atoms with E-state index in [9.17, 15) is 9.59 Å². The summed E-state index contributed by atoms with van der Waals surface area (Å²) in [6.07, 6.45) is 4.55. The molecule has 3 aromatic rings. The van der Waals surface area contributed by atoms with Crippen molar-refractivity contribution in [2.75, 3.05) is 38.8 Å². The van der Waals surface area contributed by atoms with Crippen LogP contribution in [-0.4, -0.2) is 77.8 Å². The number of benzene rings is 1. The zero-order valence-electron chi connectivity index (χ0n) is 22.8. The Hall–Kier alpha value is -3.85. The number of likely N-dealkylation sites (tertiary alicyclic amines) is 1. The molecule has 2 aliphatic rings. The highest BCUT2D eigenvalue weighted by Crippen LogP contribution is 2.38. The number of amides is 3. The first-order valence-corrected chi connectivity index (χ1v) is 13.1. The van der Waals surface area contributed by atoms with Crippen molar-refractivity contribution in [2.45, 2.75) is 46.2 Å². The number of nitrogens with one attached hydrogen (secondary N) is 1. The van der Waals surface area contributed by atoms with Gasteiger partial charge in [-0.15, -0.1) is 0 Å². The zero-order chi connectivity index (χ0) is 27.4. The maximum absolute atomic E-state index is 13.5. The molecule has 5 rings (SSSR count). The SMILES string of the molecule is CC.COCC(=O)N1CCC(N2C(=O)N(C)Cc3cnc4ccc(-c5ccc(C)c(C=N)c5)nc4c32)CC1. The maximum Gasteiger partial charge on any atom is 0.324 e. The van der Waals surface area contributed by atoms with Gasteiger partial charge in [-0.2, -0.15) is 0 Å². The molecule has 0 spiro atoms. The molecule has 1 N–H and O–H groups in total. The number of aromatic nitrogens is 2. The van der Waals surface area contributed by atoms with E-state index in [-0.39, 0.29) is 24.6 Å². The Kier molecular flexibility index (Phi) is 8.36. The van der Waals surface area contributed by atoms with Gasteiger partial charge in [-0.25, -0.2) is 9.78 Å². The summed E-state index contributed by atoms with van der Waals surface area (Å²) in [5.41, 5.74) is 6.75. The summed E-state index contributed by atoms with van der Waals surface area (Å²) in [5, 5.41) is 7.71. The first-order valence-electron chi connectivity index (χ1n) is 13.1. The first-order chi connectivity index (χ1) is 18.4. The molecule has 1 saturated heterocycles. The number of nitrogens with zero attached hydrogens (tertiary/aromatic N) is 5. The van der Waals surface area contributed by atoms with E-state index in [1.165, 1.54) is 13.3 Å². The maximum atomic E-state index is 13.5. The fraction of sp³-hybridized carbons (Fsp3) is 0.414. The summed E-state index contributed by atoms with van der Waals surface area (Å²) in [6.45, 7) is 7.67. The van der Waals surface area contributed by atoms with Crippen molar-refractivity contribution < 1.29 is 14.3 Å². The molecule has 1 fully saturated rings. The van der Waals surface area contributed by atoms with Gasteiger partial charge in [-0.3, -0.25) is 14.7 Å². The predicted molar refractivity (Wildman–Crippen MR) is 150 cm³/mol. The van der Waals surface area contributed by atoms with Crippen molar-refractivity contribution in [3.63, 3.8) is 0 Å². The Morgan fingerprint density at radius 3 is 2.61 bits per heavy atom. The molecule has 2 aliphatic heterocycles. The van der Waals surface area contributed by atoms with Gasteiger partial charge in [0, 0.05) is 56.8 Å². The van der Waals surface area contributed by atoms with Gasteiger partial charge in [0.1, 0.15) is 12.1 Å². The van der Waals surface area contributed by atoms with Gasteiger partial charge in [0.25, 0.3) is 0 Å². The lowest BCUT2D eigenvalue weighted by Crippen LogP contribution is -2.54. The molecule has 1 aromatic carbocycles. The van der Waals surface area contributed by atoms with Crippen LogP contribution in [-0.2, 0) is 16.1 Å². The number of pyridine rings is 2. The molecule has 9 heteroatoms. The number of urea groups is 1. The van der Waals surface area contributed by atoms with E-state index in [4.69, 9.17) is 15.1 Å². The minimum absolute atomic E-state index is 0.0261. The zero-order valence-corrected chi connectivity index (χ0v) is 22.8. The van der Waals surface area contributed by atoms with Crippen LogP contribution in [0.5, 0.6) is 0 Å². The summed E-state index contributed by atoms with van der Waals surface area (Å²) < 4.78 is 5.00. The van der Waals surface area contributed by atoms with Gasteiger partial charge in [0.05, 0.1) is 23.4 Å². The van der Waals surface area contributed by atoms with Crippen molar-refractivity contribution >= 4 is 34.9 Å². The summed E-state index contributed by atoms with van der Waals surface area (Å²) in [6, 6.07) is 9.71. The Bertz CT molecular complexity index is 1350. The lowest BCUT2D eigenvalue weighted by molar-refractivity contribution is -0.136. The van der Waals surface area contributed by atoms with Crippen LogP contribution in [0.15, 0.2) is 36.5 Å². The third-order valence-corrected chi connectivity index (χ3v) is 7.12. The Labute approximate surface area is 223 Å². The summed E-state index contributed by atoms with van der Waals surface area (Å²) >= 11 is 0. The molecule has 0 atom stereocenters. The standard InChI is InChI=1S/C27H30N6O3.C2H6/c1-17-4-5-18(12-19(17)13-28)22-6-7-23-25(30-22)26-20(14-29-23)15-31(2)27(35)33(26)21-8-10-32(11-9-21)24(34)16-36-3;1-2/h4-7,12-14,21,28H,8-11,15-16H2,1-3H3;1-2H3. The van der Waals surface area contributed by atoms with Crippen molar-refractivity contribution in [3.8, 4) is 11.3 Å². The average Bonchev–Trinajstić information content (AvgIpc) is 2.95. The molecule has 38 heavy (non-hydrogen) atoms. The van der Waals surface area contributed by atoms with E-state index in [1.54, 1.807) is 16.8 Å². The van der Waals surface area contributed by atoms with Gasteiger partial charge < -0.3 is 19.9 Å². The highest BCUT2D eigenvalue weighted by atomic mass is 16.5. The number of fused-ring (bicyclic) bond motifs is 3. The van der Waals surface area contributed by atoms with E-state index in [2.05, 4.69) is 4.98 Å². The first kappa shape index (κ1) is 27.2. The second kappa shape index (κ2) is 11.7. The Morgan fingerprint density at radius 1 is 1.18 bits per heavy atom. The van der Waals surface area contributed by atoms with Crippen LogP contribution in [0.3, 0.4) is 0 Å². The van der Waals surface area contributed by atoms with Crippen molar-refractivity contribution in [3.05, 3.63) is 53.2 Å². The largest absolute Gasteiger partial charge is 0.375 e. The summed E-state index contributed by atoms with van der Waals surface area (Å²) in [4.78, 5) is 40.8. The molecule has 4 heterocycles. The molecular formula is C29H36N6O3. The highest BCUT2D eigenvalue weighted by Gasteiger charge is 2.37. The monoisotopic (exact) mass is 516 g/mol. The van der Waals surface area contributed by atoms with Crippen molar-refractivity contribution in [1.29, 1.82) is 5.41 Å². The molecule has 9 nitrogen and oxygen atoms in total. The second-order valence-electron chi connectivity index (χ2n) is 9.47. The second-order valence-corrected chi connectivity index (χ2v) is 9.47. The number of carbonyl (C=O) groups is 2. The van der Waals surface area contributed by atoms with Crippen LogP contribution in [0.1, 0.15) is 43.4 Å². The average molecular weight is 517 g/mol. The fourth-order valence-electron chi connectivity index (χ4n) is 5.12. The summed E-state index contributed by atoms with van der Waals surface area (Å²) in [7, 11) is 3.32. The normalized spacial score (nSPS) is 15.7. The van der Waals surface area contributed by atoms with Crippen LogP contribution in [0, 0.1) is 12.3 Å². The number of hydrogen-bond acceptors (Lipinski definition) is 6. The van der Waals surface area contributed by atoms with Crippen molar-refractivity contribution in [1.82, 2.24) is 19.8 Å². The number of anilines is 1. The third-order valence-electron chi connectivity index (χ3n) is 7.12. The van der Waals surface area contributed by atoms with Gasteiger partial charge >= 0.3 is 6.03 Å². The van der Waals surface area contributed by atoms with Crippen LogP contribution < -0.4 is 4.90 Å². The van der Waals surface area contributed by atoms with E-state index in [0.717, 1.165) is 39.2 Å². The van der Waals surface area contributed by atoms with Gasteiger partial charge in [-0.1, -0.05) is 26.0 Å². The Balaban J connectivity index is 0.00000164. The molecule has 0 unspecified atom stereocenters. The molecule has 0 radical (unpaired) electrons. The lowest BCUT2D eigenvalue weighted by Gasteiger charge is -2.43. The van der Waals surface area contributed by atoms with Crippen LogP contribution in [0.4, 0.5) is 10.5 Å². The highest BCUT2D eigenvalue weighted by molar-refractivity contribution is 6.04. The fourth-order valence-corrected chi connectivity index (χ4v) is 5.12.